The molecule has 6 heteroatoms. The molecule has 0 N–H and O–H groups in total. The van der Waals surface area contributed by atoms with E-state index in [1.807, 2.05) is 6.92 Å². The van der Waals surface area contributed by atoms with Gasteiger partial charge in [-0.25, -0.2) is 8.42 Å². The second-order valence-corrected chi connectivity index (χ2v) is 10.0. The van der Waals surface area contributed by atoms with Gasteiger partial charge in [-0.15, -0.1) is 11.3 Å². The first kappa shape index (κ1) is 14.0. The summed E-state index contributed by atoms with van der Waals surface area (Å²) in [6.45, 7) is 2.64. The number of rotatable bonds is 2. The van der Waals surface area contributed by atoms with E-state index in [0.29, 0.717) is 16.7 Å². The molecular weight excluding hydrogens is 346 g/mol. The van der Waals surface area contributed by atoms with Gasteiger partial charge in [0.05, 0.1) is 3.79 Å². The third-order valence-corrected chi connectivity index (χ3v) is 8.87. The third-order valence-electron chi connectivity index (χ3n) is 4.36. The van der Waals surface area contributed by atoms with Crippen molar-refractivity contribution in [1.29, 1.82) is 0 Å². The highest BCUT2D eigenvalue weighted by molar-refractivity contribution is 9.11. The number of sulfonamides is 1. The highest BCUT2D eigenvalue weighted by Crippen LogP contribution is 2.41. The van der Waals surface area contributed by atoms with Crippen molar-refractivity contribution in [2.45, 2.75) is 49.3 Å². The van der Waals surface area contributed by atoms with Crippen LogP contribution < -0.4 is 0 Å². The van der Waals surface area contributed by atoms with E-state index in [1.165, 1.54) is 30.6 Å². The lowest BCUT2D eigenvalue weighted by Gasteiger charge is -2.30. The molecule has 0 bridgehead atoms. The van der Waals surface area contributed by atoms with E-state index in [1.54, 1.807) is 10.4 Å². The van der Waals surface area contributed by atoms with Gasteiger partial charge in [0.2, 0.25) is 0 Å². The quantitative estimate of drug-likeness (QED) is 0.801. The first-order valence-corrected chi connectivity index (χ1v) is 9.83. The average molecular weight is 364 g/mol. The van der Waals surface area contributed by atoms with Crippen molar-refractivity contribution >= 4 is 37.3 Å². The Morgan fingerprint density at radius 2 is 2.05 bits per heavy atom. The van der Waals surface area contributed by atoms with Gasteiger partial charge in [0.15, 0.2) is 0 Å². The summed E-state index contributed by atoms with van der Waals surface area (Å²) in [4.78, 5) is 0. The minimum atomic E-state index is -3.29. The Balaban J connectivity index is 1.92. The molecule has 1 aliphatic heterocycles. The molecule has 19 heavy (non-hydrogen) atoms. The molecule has 3 nitrogen and oxygen atoms in total. The number of thiophene rings is 1. The molecule has 1 saturated carbocycles. The SMILES string of the molecule is Cc1cc(S(=O)(=O)N2CCC3CCCCC32)sc1Br. The van der Waals surface area contributed by atoms with E-state index in [4.69, 9.17) is 0 Å². The number of hydrogen-bond acceptors (Lipinski definition) is 3. The van der Waals surface area contributed by atoms with Crippen molar-refractivity contribution in [3.63, 3.8) is 0 Å². The zero-order valence-electron chi connectivity index (χ0n) is 10.9. The molecule has 106 valence electrons. The first-order valence-electron chi connectivity index (χ1n) is 6.78. The van der Waals surface area contributed by atoms with Crippen molar-refractivity contribution in [1.82, 2.24) is 4.31 Å². The molecule has 1 aromatic rings. The maximum Gasteiger partial charge on any atom is 0.252 e. The second-order valence-electron chi connectivity index (χ2n) is 5.54. The van der Waals surface area contributed by atoms with Crippen LogP contribution in [-0.4, -0.2) is 25.3 Å². The van der Waals surface area contributed by atoms with E-state index in [9.17, 15) is 8.42 Å². The van der Waals surface area contributed by atoms with Crippen molar-refractivity contribution in [2.75, 3.05) is 6.54 Å². The fraction of sp³-hybridized carbons (Fsp3) is 0.692. The Morgan fingerprint density at radius 1 is 1.32 bits per heavy atom. The van der Waals surface area contributed by atoms with Gasteiger partial charge >= 0.3 is 0 Å². The van der Waals surface area contributed by atoms with Crippen molar-refractivity contribution < 1.29 is 8.42 Å². The first-order chi connectivity index (χ1) is 9.00. The Morgan fingerprint density at radius 3 is 2.74 bits per heavy atom. The summed E-state index contributed by atoms with van der Waals surface area (Å²) < 4.78 is 28.7. The van der Waals surface area contributed by atoms with E-state index in [2.05, 4.69) is 15.9 Å². The zero-order chi connectivity index (χ0) is 13.6. The number of halogens is 1. The van der Waals surface area contributed by atoms with Crippen LogP contribution in [0.5, 0.6) is 0 Å². The molecule has 2 fully saturated rings. The predicted molar refractivity (Wildman–Crippen MR) is 81.0 cm³/mol. The van der Waals surface area contributed by atoms with Gasteiger partial charge in [0, 0.05) is 12.6 Å². The largest absolute Gasteiger partial charge is 0.252 e. The van der Waals surface area contributed by atoms with Crippen molar-refractivity contribution in [3.05, 3.63) is 15.4 Å². The molecule has 1 aromatic heterocycles. The van der Waals surface area contributed by atoms with Crippen LogP contribution in [0.4, 0.5) is 0 Å². The van der Waals surface area contributed by atoms with Crippen LogP contribution in [0.15, 0.2) is 14.1 Å². The lowest BCUT2D eigenvalue weighted by molar-refractivity contribution is 0.260. The Labute approximate surface area is 127 Å². The molecule has 1 saturated heterocycles. The molecule has 2 atom stereocenters. The number of aryl methyl sites for hydroxylation is 1. The van der Waals surface area contributed by atoms with E-state index < -0.39 is 10.0 Å². The lowest BCUT2D eigenvalue weighted by Crippen LogP contribution is -2.38. The summed E-state index contributed by atoms with van der Waals surface area (Å²) >= 11 is 4.76. The number of nitrogens with zero attached hydrogens (tertiary/aromatic N) is 1. The standard InChI is InChI=1S/C13H18BrNO2S2/c1-9-8-12(18-13(9)14)19(16,17)15-7-6-10-4-2-3-5-11(10)15/h8,10-11H,2-7H2,1H3. The van der Waals surface area contributed by atoms with E-state index >= 15 is 0 Å². The topological polar surface area (TPSA) is 37.4 Å². The Kier molecular flexibility index (Phi) is 3.79. The van der Waals surface area contributed by atoms with Crippen LogP contribution >= 0.6 is 27.3 Å². The van der Waals surface area contributed by atoms with Crippen LogP contribution in [0.2, 0.25) is 0 Å². The van der Waals surface area contributed by atoms with Crippen LogP contribution in [0.3, 0.4) is 0 Å². The Bertz CT molecular complexity index is 562. The molecule has 0 spiro atoms. The van der Waals surface area contributed by atoms with Gasteiger partial charge in [0.25, 0.3) is 10.0 Å². The Hall–Kier alpha value is 0.0900. The zero-order valence-corrected chi connectivity index (χ0v) is 14.2. The van der Waals surface area contributed by atoms with Crippen molar-refractivity contribution in [2.24, 2.45) is 5.92 Å². The molecule has 2 aliphatic rings. The van der Waals surface area contributed by atoms with Gasteiger partial charge in [-0.2, -0.15) is 4.31 Å². The molecular formula is C13H18BrNO2S2. The molecule has 0 amide bonds. The van der Waals surface area contributed by atoms with E-state index in [-0.39, 0.29) is 6.04 Å². The highest BCUT2D eigenvalue weighted by Gasteiger charge is 2.42. The fourth-order valence-corrected chi connectivity index (χ4v) is 7.42. The predicted octanol–water partition coefficient (Wildman–Crippen LogP) is 3.77. The maximum absolute atomic E-state index is 12.8. The number of hydrogen-bond donors (Lipinski definition) is 0. The van der Waals surface area contributed by atoms with Crippen LogP contribution in [0.25, 0.3) is 0 Å². The summed E-state index contributed by atoms with van der Waals surface area (Å²) in [7, 11) is -3.29. The summed E-state index contributed by atoms with van der Waals surface area (Å²) in [6.07, 6.45) is 5.70. The van der Waals surface area contributed by atoms with Crippen molar-refractivity contribution in [3.8, 4) is 0 Å². The average Bonchev–Trinajstić information content (AvgIpc) is 2.94. The van der Waals surface area contributed by atoms with Crippen LogP contribution in [-0.2, 0) is 10.0 Å². The third kappa shape index (κ3) is 2.41. The van der Waals surface area contributed by atoms with Gasteiger partial charge < -0.3 is 0 Å². The fourth-order valence-electron chi connectivity index (χ4n) is 3.34. The minimum Gasteiger partial charge on any atom is -0.206 e. The minimum absolute atomic E-state index is 0.250. The second kappa shape index (κ2) is 5.13. The molecule has 0 radical (unpaired) electrons. The number of fused-ring (bicyclic) bond motifs is 1. The molecule has 3 rings (SSSR count). The molecule has 2 unspecified atom stereocenters. The van der Waals surface area contributed by atoms with Gasteiger partial charge in [0.1, 0.15) is 4.21 Å². The molecule has 2 heterocycles. The summed E-state index contributed by atoms with van der Waals surface area (Å²) in [5.74, 6) is 0.591. The molecule has 0 aromatic carbocycles. The smallest absolute Gasteiger partial charge is 0.206 e. The van der Waals surface area contributed by atoms with Gasteiger partial charge in [-0.05, 0) is 59.7 Å². The summed E-state index contributed by atoms with van der Waals surface area (Å²) in [5.41, 5.74) is 1.00. The monoisotopic (exact) mass is 363 g/mol. The summed E-state index contributed by atoms with van der Waals surface area (Å²) in [5, 5.41) is 0. The maximum atomic E-state index is 12.8. The molecule has 1 aliphatic carbocycles. The van der Waals surface area contributed by atoms with Crippen LogP contribution in [0, 0.1) is 12.8 Å². The highest BCUT2D eigenvalue weighted by atomic mass is 79.9. The van der Waals surface area contributed by atoms with E-state index in [0.717, 1.165) is 22.2 Å². The van der Waals surface area contributed by atoms with Gasteiger partial charge in [-0.1, -0.05) is 12.8 Å². The summed E-state index contributed by atoms with van der Waals surface area (Å²) in [6, 6.07) is 2.04. The van der Waals surface area contributed by atoms with Gasteiger partial charge in [-0.3, -0.25) is 0 Å². The normalized spacial score (nSPS) is 28.5. The lowest BCUT2D eigenvalue weighted by atomic mass is 9.86. The van der Waals surface area contributed by atoms with Crippen LogP contribution in [0.1, 0.15) is 37.7 Å².